The predicted octanol–water partition coefficient (Wildman–Crippen LogP) is 2.11. The summed E-state index contributed by atoms with van der Waals surface area (Å²) in [6, 6.07) is 0. The fourth-order valence-electron chi connectivity index (χ4n) is 0.711. The van der Waals surface area contributed by atoms with Crippen molar-refractivity contribution in [1.29, 1.82) is 0 Å². The Hall–Kier alpha value is -1.28. The molecule has 0 atom stereocenters. The molecule has 0 aromatic carbocycles. The van der Waals surface area contributed by atoms with Crippen LogP contribution in [0.3, 0.4) is 0 Å². The molecule has 0 unspecified atom stereocenters. The van der Waals surface area contributed by atoms with Gasteiger partial charge in [-0.3, -0.25) is 0 Å². The number of hydrogen-bond donors (Lipinski definition) is 2. The topological polar surface area (TPSA) is 52.0 Å². The van der Waals surface area contributed by atoms with Crippen molar-refractivity contribution in [3.05, 3.63) is 48.7 Å². The van der Waals surface area contributed by atoms with Crippen molar-refractivity contribution in [3.8, 4) is 0 Å². The molecule has 2 nitrogen and oxygen atoms in total. The summed E-state index contributed by atoms with van der Waals surface area (Å²) in [4.78, 5) is 0. The summed E-state index contributed by atoms with van der Waals surface area (Å²) >= 11 is 0. The highest BCUT2D eigenvalue weighted by Gasteiger charge is 1.89. The van der Waals surface area contributed by atoms with Gasteiger partial charge in [-0.05, 0) is 19.5 Å². The highest BCUT2D eigenvalue weighted by molar-refractivity contribution is 5.24. The summed E-state index contributed by atoms with van der Waals surface area (Å²) in [5, 5.41) is 0. The average Bonchev–Trinajstić information content (AvgIpc) is 2.15. The lowest BCUT2D eigenvalue weighted by molar-refractivity contribution is 1.12. The third-order valence-electron chi connectivity index (χ3n) is 1.25. The van der Waals surface area contributed by atoms with Gasteiger partial charge in [-0.2, -0.15) is 0 Å². The summed E-state index contributed by atoms with van der Waals surface area (Å²) in [6.07, 6.45) is 8.35. The van der Waals surface area contributed by atoms with Crippen LogP contribution in [0.2, 0.25) is 0 Å². The number of nitrogens with two attached hydrogens (primary N) is 2. The molecule has 0 radical (unpaired) electrons. The minimum atomic E-state index is 0.687. The van der Waals surface area contributed by atoms with Gasteiger partial charge in [0.25, 0.3) is 0 Å². The summed E-state index contributed by atoms with van der Waals surface area (Å²) in [6.45, 7) is 9.18. The van der Waals surface area contributed by atoms with Crippen molar-refractivity contribution in [2.24, 2.45) is 11.5 Å². The van der Waals surface area contributed by atoms with Gasteiger partial charge in [0.15, 0.2) is 0 Å². The van der Waals surface area contributed by atoms with E-state index < -0.39 is 0 Å². The molecule has 0 aliphatic carbocycles. The maximum Gasteiger partial charge on any atom is 0.0111 e. The molecular formula is C11H20N2. The number of allylic oxidation sites excluding steroid dienone is 5. The van der Waals surface area contributed by atoms with E-state index in [0.717, 1.165) is 12.0 Å². The zero-order valence-corrected chi connectivity index (χ0v) is 8.59. The molecule has 13 heavy (non-hydrogen) atoms. The fraction of sp³-hybridized carbons (Fsp3) is 0.273. The highest BCUT2D eigenvalue weighted by Crippen LogP contribution is 2.06. The first-order valence-electron chi connectivity index (χ1n) is 4.16. The van der Waals surface area contributed by atoms with Crippen molar-refractivity contribution >= 4 is 0 Å². The van der Waals surface area contributed by atoms with Gasteiger partial charge in [0.2, 0.25) is 0 Å². The normalized spacial score (nSPS) is 10.5. The Labute approximate surface area is 81.3 Å². The van der Waals surface area contributed by atoms with Crippen LogP contribution in [0.15, 0.2) is 48.7 Å². The Morgan fingerprint density at radius 1 is 1.38 bits per heavy atom. The molecule has 0 bridgehead atoms. The van der Waals surface area contributed by atoms with Crippen molar-refractivity contribution in [1.82, 2.24) is 0 Å². The van der Waals surface area contributed by atoms with E-state index in [1.165, 1.54) is 7.05 Å². The summed E-state index contributed by atoms with van der Waals surface area (Å²) in [5.41, 5.74) is 11.8. The van der Waals surface area contributed by atoms with E-state index in [9.17, 15) is 0 Å². The van der Waals surface area contributed by atoms with Gasteiger partial charge in [-0.15, -0.1) is 0 Å². The second-order valence-corrected chi connectivity index (χ2v) is 2.29. The Balaban J connectivity index is 0. The molecule has 0 fully saturated rings. The third-order valence-corrected chi connectivity index (χ3v) is 1.25. The molecule has 0 saturated heterocycles. The van der Waals surface area contributed by atoms with Crippen molar-refractivity contribution in [3.63, 3.8) is 0 Å². The first-order chi connectivity index (χ1) is 6.20. The molecule has 74 valence electrons. The van der Waals surface area contributed by atoms with Gasteiger partial charge in [0.05, 0.1) is 0 Å². The maximum absolute atomic E-state index is 5.45. The molecule has 0 aromatic heterocycles. The second-order valence-electron chi connectivity index (χ2n) is 2.29. The molecule has 0 aliphatic rings. The van der Waals surface area contributed by atoms with Crippen molar-refractivity contribution < 1.29 is 0 Å². The van der Waals surface area contributed by atoms with Crippen LogP contribution in [0.5, 0.6) is 0 Å². The Morgan fingerprint density at radius 3 is 2.23 bits per heavy atom. The Kier molecular flexibility index (Phi) is 11.8. The molecule has 4 N–H and O–H groups in total. The summed E-state index contributed by atoms with van der Waals surface area (Å²) in [5.74, 6) is 0. The van der Waals surface area contributed by atoms with Crippen molar-refractivity contribution in [2.45, 2.75) is 13.3 Å². The molecule has 0 saturated carbocycles. The SMILES string of the molecule is C=C/C=C\C(=C/C)CC(=C)N.CN. The van der Waals surface area contributed by atoms with Crippen LogP contribution in [0.4, 0.5) is 0 Å². The highest BCUT2D eigenvalue weighted by atomic mass is 14.6. The Bertz CT molecular complexity index is 200. The van der Waals surface area contributed by atoms with Gasteiger partial charge in [0, 0.05) is 12.1 Å². The largest absolute Gasteiger partial charge is 0.402 e. The van der Waals surface area contributed by atoms with Crippen LogP contribution >= 0.6 is 0 Å². The van der Waals surface area contributed by atoms with Gasteiger partial charge in [-0.1, -0.05) is 37.5 Å². The minimum absolute atomic E-state index is 0.687. The van der Waals surface area contributed by atoms with Crippen LogP contribution < -0.4 is 11.5 Å². The minimum Gasteiger partial charge on any atom is -0.402 e. The predicted molar refractivity (Wildman–Crippen MR) is 61.1 cm³/mol. The first kappa shape index (κ1) is 14.3. The van der Waals surface area contributed by atoms with E-state index in [-0.39, 0.29) is 0 Å². The van der Waals surface area contributed by atoms with Crippen LogP contribution in [0, 0.1) is 0 Å². The van der Waals surface area contributed by atoms with E-state index in [4.69, 9.17) is 5.73 Å². The van der Waals surface area contributed by atoms with E-state index >= 15 is 0 Å². The zero-order chi connectivity index (χ0) is 10.7. The standard InChI is InChI=1S/C10H15N.CH5N/c1-4-6-7-10(5-2)8-9(3)11;1-2/h4-7H,1,3,8,11H2,2H3;2H2,1H3/b7-6-,10-5+;. The summed E-state index contributed by atoms with van der Waals surface area (Å²) in [7, 11) is 1.50. The lowest BCUT2D eigenvalue weighted by atomic mass is 10.1. The molecule has 0 aliphatic heterocycles. The van der Waals surface area contributed by atoms with Gasteiger partial charge >= 0.3 is 0 Å². The summed E-state index contributed by atoms with van der Waals surface area (Å²) < 4.78 is 0. The third kappa shape index (κ3) is 10.7. The lowest BCUT2D eigenvalue weighted by Gasteiger charge is -1.98. The Morgan fingerprint density at radius 2 is 1.92 bits per heavy atom. The average molecular weight is 180 g/mol. The molecule has 0 amide bonds. The van der Waals surface area contributed by atoms with E-state index in [1.54, 1.807) is 6.08 Å². The molecule has 2 heteroatoms. The quantitative estimate of drug-likeness (QED) is 0.651. The van der Waals surface area contributed by atoms with Gasteiger partial charge in [-0.25, -0.2) is 0 Å². The molecule has 0 rings (SSSR count). The zero-order valence-electron chi connectivity index (χ0n) is 8.59. The number of hydrogen-bond acceptors (Lipinski definition) is 2. The smallest absolute Gasteiger partial charge is 0.0111 e. The molecular weight excluding hydrogens is 160 g/mol. The van der Waals surface area contributed by atoms with Crippen LogP contribution in [-0.2, 0) is 0 Å². The maximum atomic E-state index is 5.45. The van der Waals surface area contributed by atoms with Gasteiger partial charge < -0.3 is 11.5 Å². The molecule has 0 spiro atoms. The monoisotopic (exact) mass is 180 g/mol. The van der Waals surface area contributed by atoms with E-state index in [2.05, 4.69) is 18.9 Å². The van der Waals surface area contributed by atoms with Crippen LogP contribution in [-0.4, -0.2) is 7.05 Å². The fourth-order valence-corrected chi connectivity index (χ4v) is 0.711. The molecule has 0 aromatic rings. The van der Waals surface area contributed by atoms with Crippen LogP contribution in [0.25, 0.3) is 0 Å². The lowest BCUT2D eigenvalue weighted by Crippen LogP contribution is -1.94. The second kappa shape index (κ2) is 10.7. The molecule has 0 heterocycles. The van der Waals surface area contributed by atoms with Gasteiger partial charge in [0.1, 0.15) is 0 Å². The van der Waals surface area contributed by atoms with E-state index in [0.29, 0.717) is 5.70 Å². The first-order valence-corrected chi connectivity index (χ1v) is 4.16. The van der Waals surface area contributed by atoms with Crippen molar-refractivity contribution in [2.75, 3.05) is 7.05 Å². The van der Waals surface area contributed by atoms with Crippen LogP contribution in [0.1, 0.15) is 13.3 Å². The number of rotatable bonds is 4. The van der Waals surface area contributed by atoms with E-state index in [1.807, 2.05) is 25.2 Å².